The molecule has 136 valence electrons. The molecule has 0 N–H and O–H groups in total. The van der Waals surface area contributed by atoms with Crippen LogP contribution in [0.1, 0.15) is 88.4 Å². The van der Waals surface area contributed by atoms with Crippen molar-refractivity contribution >= 4 is 0 Å². The van der Waals surface area contributed by atoms with Gasteiger partial charge in [0.15, 0.2) is 0 Å². The molecule has 0 saturated heterocycles. The van der Waals surface area contributed by atoms with Gasteiger partial charge in [-0.2, -0.15) is 5.10 Å². The van der Waals surface area contributed by atoms with Crippen molar-refractivity contribution in [2.24, 2.45) is 0 Å². The Kier molecular flexibility index (Phi) is 7.45. The van der Waals surface area contributed by atoms with Crippen molar-refractivity contribution in [1.82, 2.24) is 9.78 Å². The number of hydrogen-bond donors (Lipinski definition) is 0. The van der Waals surface area contributed by atoms with E-state index in [4.69, 9.17) is 5.10 Å². The van der Waals surface area contributed by atoms with Crippen molar-refractivity contribution in [3.8, 4) is 11.1 Å². The van der Waals surface area contributed by atoms with Crippen molar-refractivity contribution < 1.29 is 20.4 Å². The van der Waals surface area contributed by atoms with Crippen LogP contribution in [0, 0.1) is 13.8 Å². The van der Waals surface area contributed by atoms with E-state index in [-0.39, 0.29) is 20.4 Å². The van der Waals surface area contributed by atoms with Gasteiger partial charge in [-0.3, -0.25) is 4.68 Å². The van der Waals surface area contributed by atoms with Gasteiger partial charge in [0.05, 0.1) is 5.69 Å². The van der Waals surface area contributed by atoms with Gasteiger partial charge in [0, 0.05) is 37.7 Å². The molecule has 0 aliphatic carbocycles. The van der Waals surface area contributed by atoms with E-state index in [1.54, 1.807) is 0 Å². The van der Waals surface area contributed by atoms with Crippen LogP contribution in [0.2, 0.25) is 0 Å². The van der Waals surface area contributed by atoms with Crippen molar-refractivity contribution in [2.45, 2.75) is 79.7 Å². The fourth-order valence-corrected chi connectivity index (χ4v) is 3.39. The first-order valence-electron chi connectivity index (χ1n) is 8.98. The summed E-state index contributed by atoms with van der Waals surface area (Å²) < 4.78 is 2.27. The molecule has 1 aromatic carbocycles. The molecular weight excluding hydrogens is 387 g/mol. The Balaban J connectivity index is 0.00000288. The molecule has 0 aliphatic rings. The molecule has 0 bridgehead atoms. The number of benzene rings is 1. The molecule has 3 heteroatoms. The summed E-state index contributed by atoms with van der Waals surface area (Å²) in [5, 5.41) is 5.05. The smallest absolute Gasteiger partial charge is 0.0731 e. The van der Waals surface area contributed by atoms with Crippen molar-refractivity contribution in [3.63, 3.8) is 0 Å². The molecule has 1 heterocycles. The molecule has 24 heavy (non-hydrogen) atoms. The van der Waals surface area contributed by atoms with Crippen LogP contribution in [0.4, 0.5) is 0 Å². The van der Waals surface area contributed by atoms with Crippen LogP contribution in [-0.4, -0.2) is 9.78 Å². The zero-order chi connectivity index (χ0) is 17.3. The van der Waals surface area contributed by atoms with E-state index in [1.165, 1.54) is 33.6 Å². The summed E-state index contributed by atoms with van der Waals surface area (Å²) in [6, 6.07) is 6.98. The zero-order valence-corrected chi connectivity index (χ0v) is 17.9. The SMILES string of the molecule is CCC(C)c1c(-c2c(C)cccc2C)c(C(C)C)nn1C(C)C.[Pd]. The van der Waals surface area contributed by atoms with Crippen LogP contribution < -0.4 is 0 Å². The van der Waals surface area contributed by atoms with Crippen LogP contribution >= 0.6 is 0 Å². The normalized spacial score (nSPS) is 12.6. The van der Waals surface area contributed by atoms with Gasteiger partial charge in [0.1, 0.15) is 0 Å². The van der Waals surface area contributed by atoms with Gasteiger partial charge < -0.3 is 0 Å². The molecular formula is C21H32N2Pd. The quantitative estimate of drug-likeness (QED) is 0.515. The monoisotopic (exact) mass is 418 g/mol. The maximum atomic E-state index is 5.05. The summed E-state index contributed by atoms with van der Waals surface area (Å²) in [6.45, 7) is 18.0. The molecule has 0 amide bonds. The molecule has 0 fully saturated rings. The number of aryl methyl sites for hydroxylation is 2. The molecule has 1 aromatic heterocycles. The third-order valence-corrected chi connectivity index (χ3v) is 4.82. The fraction of sp³-hybridized carbons (Fsp3) is 0.571. The average molecular weight is 419 g/mol. The van der Waals surface area contributed by atoms with Crippen molar-refractivity contribution in [2.75, 3.05) is 0 Å². The first-order valence-corrected chi connectivity index (χ1v) is 8.98. The van der Waals surface area contributed by atoms with E-state index in [2.05, 4.69) is 78.3 Å². The number of rotatable bonds is 5. The Labute approximate surface area is 161 Å². The van der Waals surface area contributed by atoms with Crippen LogP contribution in [0.15, 0.2) is 18.2 Å². The van der Waals surface area contributed by atoms with Gasteiger partial charge >= 0.3 is 0 Å². The minimum absolute atomic E-state index is 0. The minimum atomic E-state index is 0. The van der Waals surface area contributed by atoms with Crippen molar-refractivity contribution in [1.29, 1.82) is 0 Å². The maximum absolute atomic E-state index is 5.05. The molecule has 0 spiro atoms. The van der Waals surface area contributed by atoms with Crippen LogP contribution in [0.25, 0.3) is 11.1 Å². The van der Waals surface area contributed by atoms with Gasteiger partial charge in [0.2, 0.25) is 0 Å². The number of hydrogen-bond acceptors (Lipinski definition) is 1. The zero-order valence-electron chi connectivity index (χ0n) is 16.4. The van der Waals surface area contributed by atoms with E-state index in [0.29, 0.717) is 17.9 Å². The predicted molar refractivity (Wildman–Crippen MR) is 100 cm³/mol. The summed E-state index contributed by atoms with van der Waals surface area (Å²) >= 11 is 0. The van der Waals surface area contributed by atoms with Gasteiger partial charge in [-0.1, -0.05) is 45.9 Å². The first-order chi connectivity index (χ1) is 10.8. The Hall–Kier alpha value is -0.908. The molecule has 1 unspecified atom stereocenters. The maximum Gasteiger partial charge on any atom is 0.0731 e. The van der Waals surface area contributed by atoms with E-state index < -0.39 is 0 Å². The third-order valence-electron chi connectivity index (χ3n) is 4.82. The van der Waals surface area contributed by atoms with Gasteiger partial charge in [-0.25, -0.2) is 0 Å². The molecule has 2 aromatic rings. The fourth-order valence-electron chi connectivity index (χ4n) is 3.39. The van der Waals surface area contributed by atoms with Gasteiger partial charge in [-0.05, 0) is 62.6 Å². The Morgan fingerprint density at radius 1 is 0.958 bits per heavy atom. The molecule has 0 aliphatic heterocycles. The Bertz CT molecular complexity index is 663. The van der Waals surface area contributed by atoms with Gasteiger partial charge in [-0.15, -0.1) is 0 Å². The summed E-state index contributed by atoms with van der Waals surface area (Å²) in [7, 11) is 0. The summed E-state index contributed by atoms with van der Waals surface area (Å²) in [6.07, 6.45) is 1.13. The summed E-state index contributed by atoms with van der Waals surface area (Å²) in [5.41, 5.74) is 8.12. The largest absolute Gasteiger partial charge is 0.266 e. The minimum Gasteiger partial charge on any atom is -0.266 e. The van der Waals surface area contributed by atoms with Gasteiger partial charge in [0.25, 0.3) is 0 Å². The second-order valence-electron chi connectivity index (χ2n) is 7.41. The van der Waals surface area contributed by atoms with Crippen LogP contribution in [-0.2, 0) is 20.4 Å². The average Bonchev–Trinajstić information content (AvgIpc) is 2.87. The summed E-state index contributed by atoms with van der Waals surface area (Å²) in [5.74, 6) is 0.929. The second-order valence-corrected chi connectivity index (χ2v) is 7.41. The van der Waals surface area contributed by atoms with E-state index in [1.807, 2.05) is 0 Å². The second kappa shape index (κ2) is 8.46. The third kappa shape index (κ3) is 3.84. The van der Waals surface area contributed by atoms with E-state index in [0.717, 1.165) is 6.42 Å². The topological polar surface area (TPSA) is 17.8 Å². The predicted octanol–water partition coefficient (Wildman–Crippen LogP) is 6.38. The number of aromatic nitrogens is 2. The standard InChI is InChI=1S/C21H32N2.Pd/c1-9-15(6)21-19(18-16(7)11-10-12-17(18)8)20(13(2)3)22-23(21)14(4)5;/h10-15H,9H2,1-8H3;. The number of nitrogens with zero attached hydrogens (tertiary/aromatic N) is 2. The molecule has 0 radical (unpaired) electrons. The molecule has 2 rings (SSSR count). The summed E-state index contributed by atoms with van der Waals surface area (Å²) in [4.78, 5) is 0. The Morgan fingerprint density at radius 3 is 1.92 bits per heavy atom. The van der Waals surface area contributed by atoms with E-state index >= 15 is 0 Å². The van der Waals surface area contributed by atoms with Crippen LogP contribution in [0.3, 0.4) is 0 Å². The molecule has 1 atom stereocenters. The Morgan fingerprint density at radius 2 is 1.50 bits per heavy atom. The van der Waals surface area contributed by atoms with E-state index in [9.17, 15) is 0 Å². The molecule has 2 nitrogen and oxygen atoms in total. The first kappa shape index (κ1) is 21.1. The van der Waals surface area contributed by atoms with Crippen LogP contribution in [0.5, 0.6) is 0 Å². The van der Waals surface area contributed by atoms with Crippen molar-refractivity contribution in [3.05, 3.63) is 40.7 Å². The molecule has 0 saturated carbocycles.